The number of nitrogens with zero attached hydrogens (tertiary/aromatic N) is 1. The Balaban J connectivity index is 1.88. The van der Waals surface area contributed by atoms with E-state index >= 15 is 0 Å². The van der Waals surface area contributed by atoms with E-state index in [1.165, 1.54) is 25.7 Å². The van der Waals surface area contributed by atoms with Crippen LogP contribution in [0.4, 0.5) is 5.69 Å². The van der Waals surface area contributed by atoms with Crippen molar-refractivity contribution in [3.05, 3.63) is 22.6 Å². The van der Waals surface area contributed by atoms with Gasteiger partial charge in [0.2, 0.25) is 0 Å². The summed E-state index contributed by atoms with van der Waals surface area (Å²) in [5, 5.41) is 9.33. The molecule has 14 heavy (non-hydrogen) atoms. The molecule has 2 N–H and O–H groups in total. The maximum Gasteiger partial charge on any atom is 0.266 e. The van der Waals surface area contributed by atoms with Crippen LogP contribution in [-0.4, -0.2) is 16.7 Å². The molecule has 1 aliphatic carbocycles. The fourth-order valence-electron chi connectivity index (χ4n) is 1.95. The summed E-state index contributed by atoms with van der Waals surface area (Å²) in [6, 6.07) is 1.54. The van der Waals surface area contributed by atoms with Crippen LogP contribution in [0.2, 0.25) is 0 Å². The number of nitrogens with one attached hydrogen (secondary N) is 2. The lowest BCUT2D eigenvalue weighted by molar-refractivity contribution is 0.579. The van der Waals surface area contributed by atoms with Crippen LogP contribution < -0.4 is 10.9 Å². The fourth-order valence-corrected chi connectivity index (χ4v) is 1.95. The lowest BCUT2D eigenvalue weighted by atomic mass is 10.1. The molecule has 1 aromatic heterocycles. The lowest BCUT2D eigenvalue weighted by Gasteiger charge is -2.10. The van der Waals surface area contributed by atoms with Gasteiger partial charge in [0.1, 0.15) is 0 Å². The summed E-state index contributed by atoms with van der Waals surface area (Å²) in [5.74, 6) is 0.772. The maximum absolute atomic E-state index is 10.9. The van der Waals surface area contributed by atoms with Gasteiger partial charge in [-0.25, -0.2) is 5.10 Å². The third kappa shape index (κ3) is 2.34. The standard InChI is InChI=1S/C10H15N3O/c14-10-5-9(7-12-13-10)11-6-8-3-1-2-4-8/h5,7-8H,1-4,6H2,(H2,11,13,14). The van der Waals surface area contributed by atoms with Gasteiger partial charge in [-0.2, -0.15) is 5.10 Å². The Hall–Kier alpha value is -1.32. The predicted octanol–water partition coefficient (Wildman–Crippen LogP) is 1.37. The first-order chi connectivity index (χ1) is 6.84. The highest BCUT2D eigenvalue weighted by Crippen LogP contribution is 2.24. The predicted molar refractivity (Wildman–Crippen MR) is 55.3 cm³/mol. The molecule has 2 rings (SSSR count). The maximum atomic E-state index is 10.9. The average Bonchev–Trinajstić information content (AvgIpc) is 2.67. The molecule has 76 valence electrons. The van der Waals surface area contributed by atoms with E-state index in [4.69, 9.17) is 0 Å². The van der Waals surface area contributed by atoms with E-state index in [0.29, 0.717) is 0 Å². The second-order valence-corrected chi connectivity index (χ2v) is 3.87. The highest BCUT2D eigenvalue weighted by molar-refractivity contribution is 5.38. The second kappa shape index (κ2) is 4.26. The topological polar surface area (TPSA) is 57.8 Å². The van der Waals surface area contributed by atoms with Crippen molar-refractivity contribution < 1.29 is 0 Å². The zero-order chi connectivity index (χ0) is 9.80. The molecule has 0 unspecified atom stereocenters. The van der Waals surface area contributed by atoms with Crippen molar-refractivity contribution in [2.45, 2.75) is 25.7 Å². The molecule has 0 aromatic carbocycles. The van der Waals surface area contributed by atoms with Crippen LogP contribution >= 0.6 is 0 Å². The van der Waals surface area contributed by atoms with Gasteiger partial charge in [-0.3, -0.25) is 4.79 Å². The fraction of sp³-hybridized carbons (Fsp3) is 0.600. The van der Waals surface area contributed by atoms with Crippen molar-refractivity contribution in [3.63, 3.8) is 0 Å². The van der Waals surface area contributed by atoms with Gasteiger partial charge in [-0.05, 0) is 18.8 Å². The normalized spacial score (nSPS) is 17.1. The zero-order valence-corrected chi connectivity index (χ0v) is 8.12. The Morgan fingerprint density at radius 1 is 1.50 bits per heavy atom. The minimum atomic E-state index is -0.151. The minimum Gasteiger partial charge on any atom is -0.383 e. The van der Waals surface area contributed by atoms with Crippen molar-refractivity contribution in [2.75, 3.05) is 11.9 Å². The smallest absolute Gasteiger partial charge is 0.266 e. The number of anilines is 1. The number of H-pyrrole nitrogens is 1. The van der Waals surface area contributed by atoms with Gasteiger partial charge < -0.3 is 5.32 Å². The third-order valence-corrected chi connectivity index (χ3v) is 2.73. The van der Waals surface area contributed by atoms with E-state index in [1.807, 2.05) is 0 Å². The second-order valence-electron chi connectivity index (χ2n) is 3.87. The number of aromatic nitrogens is 2. The van der Waals surface area contributed by atoms with E-state index in [-0.39, 0.29) is 5.56 Å². The lowest BCUT2D eigenvalue weighted by Crippen LogP contribution is -2.14. The van der Waals surface area contributed by atoms with Crippen LogP contribution in [-0.2, 0) is 0 Å². The van der Waals surface area contributed by atoms with Crippen molar-refractivity contribution in [2.24, 2.45) is 5.92 Å². The summed E-state index contributed by atoms with van der Waals surface area (Å²) in [6.45, 7) is 0.963. The quantitative estimate of drug-likeness (QED) is 0.762. The molecule has 4 nitrogen and oxygen atoms in total. The van der Waals surface area contributed by atoms with Gasteiger partial charge in [0.05, 0.1) is 11.9 Å². The molecule has 1 saturated carbocycles. The number of aromatic amines is 1. The van der Waals surface area contributed by atoms with Gasteiger partial charge in [-0.1, -0.05) is 12.8 Å². The van der Waals surface area contributed by atoms with Crippen LogP contribution in [0.3, 0.4) is 0 Å². The monoisotopic (exact) mass is 193 g/mol. The first kappa shape index (κ1) is 9.24. The van der Waals surface area contributed by atoms with Gasteiger partial charge in [-0.15, -0.1) is 0 Å². The number of hydrogen-bond acceptors (Lipinski definition) is 3. The Bertz CT molecular complexity index is 341. The molecular formula is C10H15N3O. The Morgan fingerprint density at radius 3 is 3.00 bits per heavy atom. The van der Waals surface area contributed by atoms with Gasteiger partial charge >= 0.3 is 0 Å². The molecule has 0 amide bonds. The Kier molecular flexibility index (Phi) is 2.81. The summed E-state index contributed by atoms with van der Waals surface area (Å²) >= 11 is 0. The molecule has 4 heteroatoms. The molecular weight excluding hydrogens is 178 g/mol. The Labute approximate surface area is 82.7 Å². The Morgan fingerprint density at radius 2 is 2.29 bits per heavy atom. The van der Waals surface area contributed by atoms with Crippen LogP contribution in [0.1, 0.15) is 25.7 Å². The summed E-state index contributed by atoms with van der Waals surface area (Å²) in [5.41, 5.74) is 0.669. The minimum absolute atomic E-state index is 0.151. The van der Waals surface area contributed by atoms with Gasteiger partial charge in [0, 0.05) is 12.6 Å². The highest BCUT2D eigenvalue weighted by atomic mass is 16.1. The number of hydrogen-bond donors (Lipinski definition) is 2. The zero-order valence-electron chi connectivity index (χ0n) is 8.12. The largest absolute Gasteiger partial charge is 0.383 e. The third-order valence-electron chi connectivity index (χ3n) is 2.73. The first-order valence-electron chi connectivity index (χ1n) is 5.13. The molecule has 0 saturated heterocycles. The van der Waals surface area contributed by atoms with E-state index in [2.05, 4.69) is 15.5 Å². The summed E-state index contributed by atoms with van der Waals surface area (Å²) < 4.78 is 0. The molecule has 1 aromatic rings. The van der Waals surface area contributed by atoms with Crippen LogP contribution in [0.15, 0.2) is 17.1 Å². The molecule has 0 aliphatic heterocycles. The van der Waals surface area contributed by atoms with Crippen molar-refractivity contribution in [3.8, 4) is 0 Å². The average molecular weight is 193 g/mol. The summed E-state index contributed by atoms with van der Waals surface area (Å²) in [6.07, 6.45) is 6.96. The van der Waals surface area contributed by atoms with E-state index in [0.717, 1.165) is 18.2 Å². The summed E-state index contributed by atoms with van der Waals surface area (Å²) in [7, 11) is 0. The van der Waals surface area contributed by atoms with Crippen molar-refractivity contribution in [1.82, 2.24) is 10.2 Å². The van der Waals surface area contributed by atoms with E-state index in [1.54, 1.807) is 12.3 Å². The van der Waals surface area contributed by atoms with Gasteiger partial charge in [0.15, 0.2) is 0 Å². The van der Waals surface area contributed by atoms with E-state index < -0.39 is 0 Å². The van der Waals surface area contributed by atoms with E-state index in [9.17, 15) is 4.79 Å². The molecule has 1 heterocycles. The molecule has 0 radical (unpaired) electrons. The SMILES string of the molecule is O=c1cc(NCC2CCCC2)cn[nH]1. The summed E-state index contributed by atoms with van der Waals surface area (Å²) in [4.78, 5) is 10.9. The molecule has 1 fully saturated rings. The van der Waals surface area contributed by atoms with Crippen molar-refractivity contribution >= 4 is 5.69 Å². The first-order valence-corrected chi connectivity index (χ1v) is 5.13. The highest BCUT2D eigenvalue weighted by Gasteiger charge is 2.14. The van der Waals surface area contributed by atoms with Crippen LogP contribution in [0.25, 0.3) is 0 Å². The van der Waals surface area contributed by atoms with Crippen LogP contribution in [0.5, 0.6) is 0 Å². The molecule has 0 bridgehead atoms. The van der Waals surface area contributed by atoms with Crippen molar-refractivity contribution in [1.29, 1.82) is 0 Å². The molecule has 0 atom stereocenters. The number of rotatable bonds is 3. The van der Waals surface area contributed by atoms with Gasteiger partial charge in [0.25, 0.3) is 5.56 Å². The molecule has 0 spiro atoms. The molecule has 1 aliphatic rings. The van der Waals surface area contributed by atoms with Crippen LogP contribution in [0, 0.1) is 5.92 Å².